The molecule has 3 heterocycles. The highest BCUT2D eigenvalue weighted by Crippen LogP contribution is 2.18. The molecule has 2 N–H and O–H groups in total. The quantitative estimate of drug-likeness (QED) is 0.679. The lowest BCUT2D eigenvalue weighted by Gasteiger charge is -2.34. The van der Waals surface area contributed by atoms with E-state index < -0.39 is 0 Å². The third-order valence-electron chi connectivity index (χ3n) is 5.33. The van der Waals surface area contributed by atoms with Crippen molar-refractivity contribution in [2.24, 2.45) is 7.05 Å². The first kappa shape index (κ1) is 19.1. The van der Waals surface area contributed by atoms with Crippen LogP contribution in [0.2, 0.25) is 0 Å². The molecular formula is C21H24N6O2. The number of ketones is 1. The topological polar surface area (TPSA) is 97.3 Å². The van der Waals surface area contributed by atoms with Gasteiger partial charge in [0.25, 0.3) is 5.91 Å². The number of nitrogens with two attached hydrogens (primary N) is 1. The Labute approximate surface area is 168 Å². The fourth-order valence-corrected chi connectivity index (χ4v) is 3.66. The number of hydrogen-bond acceptors (Lipinski definition) is 6. The third-order valence-corrected chi connectivity index (χ3v) is 5.33. The van der Waals surface area contributed by atoms with Crippen molar-refractivity contribution in [3.63, 3.8) is 0 Å². The number of benzene rings is 1. The third kappa shape index (κ3) is 3.84. The van der Waals surface area contributed by atoms with E-state index >= 15 is 0 Å². The summed E-state index contributed by atoms with van der Waals surface area (Å²) in [6, 6.07) is 9.37. The number of aromatic nitrogens is 3. The molecule has 1 amide bonds. The van der Waals surface area contributed by atoms with E-state index in [-0.39, 0.29) is 11.7 Å². The maximum absolute atomic E-state index is 12.8. The Morgan fingerprint density at radius 2 is 1.83 bits per heavy atom. The second-order valence-corrected chi connectivity index (χ2v) is 7.39. The molecule has 1 aliphatic rings. The number of Topliss-reactive ketones (excluding diaryl/α,β-unsaturated/α-hetero) is 1. The number of para-hydroxylation sites is 1. The molecule has 8 heteroatoms. The van der Waals surface area contributed by atoms with E-state index in [4.69, 9.17) is 5.73 Å². The Morgan fingerprint density at radius 3 is 2.52 bits per heavy atom. The zero-order valence-corrected chi connectivity index (χ0v) is 16.6. The first-order valence-electron chi connectivity index (χ1n) is 9.62. The van der Waals surface area contributed by atoms with Crippen LogP contribution in [0.1, 0.15) is 33.6 Å². The van der Waals surface area contributed by atoms with Crippen LogP contribution in [0.15, 0.2) is 36.5 Å². The number of nitrogen functional groups attached to an aromatic ring is 1. The Bertz CT molecular complexity index is 1080. The molecule has 2 aromatic heterocycles. The second kappa shape index (κ2) is 7.63. The number of carbonyl (C=O) groups excluding carboxylic acids is 2. The summed E-state index contributed by atoms with van der Waals surface area (Å²) in [5.74, 6) is 1.09. The van der Waals surface area contributed by atoms with Gasteiger partial charge in [-0.3, -0.25) is 14.5 Å². The molecule has 1 fully saturated rings. The first-order chi connectivity index (χ1) is 13.9. The largest absolute Gasteiger partial charge is 0.383 e. The van der Waals surface area contributed by atoms with Crippen molar-refractivity contribution in [3.8, 4) is 0 Å². The van der Waals surface area contributed by atoms with Gasteiger partial charge in [-0.25, -0.2) is 9.97 Å². The van der Waals surface area contributed by atoms with E-state index in [0.29, 0.717) is 42.5 Å². The monoisotopic (exact) mass is 392 g/mol. The Kier molecular flexibility index (Phi) is 5.02. The van der Waals surface area contributed by atoms with Crippen LogP contribution in [0.4, 0.5) is 5.82 Å². The predicted molar refractivity (Wildman–Crippen MR) is 111 cm³/mol. The number of anilines is 1. The van der Waals surface area contributed by atoms with Gasteiger partial charge >= 0.3 is 0 Å². The van der Waals surface area contributed by atoms with Crippen molar-refractivity contribution >= 4 is 28.4 Å². The van der Waals surface area contributed by atoms with Crippen LogP contribution < -0.4 is 5.73 Å². The summed E-state index contributed by atoms with van der Waals surface area (Å²) < 4.78 is 1.72. The first-order valence-corrected chi connectivity index (χ1v) is 9.62. The molecule has 0 radical (unpaired) electrons. The van der Waals surface area contributed by atoms with Crippen LogP contribution in [-0.2, 0) is 13.6 Å². The van der Waals surface area contributed by atoms with E-state index in [9.17, 15) is 9.59 Å². The van der Waals surface area contributed by atoms with Crippen LogP contribution in [-0.4, -0.2) is 62.2 Å². The molecule has 0 bridgehead atoms. The van der Waals surface area contributed by atoms with E-state index in [1.165, 1.54) is 6.92 Å². The fourth-order valence-electron chi connectivity index (χ4n) is 3.66. The molecule has 0 unspecified atom stereocenters. The highest BCUT2D eigenvalue weighted by atomic mass is 16.2. The van der Waals surface area contributed by atoms with Crippen molar-refractivity contribution < 1.29 is 9.59 Å². The number of fused-ring (bicyclic) bond motifs is 1. The molecular weight excluding hydrogens is 368 g/mol. The van der Waals surface area contributed by atoms with Crippen molar-refractivity contribution in [2.45, 2.75) is 13.5 Å². The number of rotatable bonds is 4. The van der Waals surface area contributed by atoms with Gasteiger partial charge in [-0.05, 0) is 25.1 Å². The summed E-state index contributed by atoms with van der Waals surface area (Å²) in [5.41, 5.74) is 8.01. The zero-order chi connectivity index (χ0) is 20.5. The van der Waals surface area contributed by atoms with Crippen LogP contribution in [0.5, 0.6) is 0 Å². The number of carbonyl (C=O) groups is 2. The molecule has 1 saturated heterocycles. The van der Waals surface area contributed by atoms with Gasteiger partial charge in [0.15, 0.2) is 5.78 Å². The number of piperazine rings is 1. The molecule has 150 valence electrons. The minimum atomic E-state index is -0.0501. The Morgan fingerprint density at radius 1 is 1.10 bits per heavy atom. The van der Waals surface area contributed by atoms with Crippen LogP contribution in [0.3, 0.4) is 0 Å². The maximum Gasteiger partial charge on any atom is 0.270 e. The smallest absolute Gasteiger partial charge is 0.270 e. The Balaban J connectivity index is 1.41. The van der Waals surface area contributed by atoms with Gasteiger partial charge in [0.05, 0.1) is 12.1 Å². The average molecular weight is 392 g/mol. The normalized spacial score (nSPS) is 15.0. The van der Waals surface area contributed by atoms with E-state index in [0.717, 1.165) is 24.0 Å². The molecule has 4 rings (SSSR count). The summed E-state index contributed by atoms with van der Waals surface area (Å²) in [7, 11) is 1.79. The minimum Gasteiger partial charge on any atom is -0.383 e. The lowest BCUT2D eigenvalue weighted by molar-refractivity contribution is 0.0616. The number of amides is 1. The molecule has 0 aliphatic carbocycles. The van der Waals surface area contributed by atoms with Gasteiger partial charge in [0.2, 0.25) is 0 Å². The second-order valence-electron chi connectivity index (χ2n) is 7.39. The fraction of sp³-hybridized carbons (Fsp3) is 0.333. The molecule has 0 spiro atoms. The molecule has 1 aliphatic heterocycles. The zero-order valence-electron chi connectivity index (χ0n) is 16.6. The summed E-state index contributed by atoms with van der Waals surface area (Å²) in [6.07, 6.45) is 1.70. The molecule has 1 aromatic carbocycles. The molecule has 0 atom stereocenters. The summed E-state index contributed by atoms with van der Waals surface area (Å²) in [4.78, 5) is 37.5. The Hall–Kier alpha value is -3.26. The van der Waals surface area contributed by atoms with Crippen molar-refractivity contribution in [1.82, 2.24) is 24.3 Å². The van der Waals surface area contributed by atoms with Crippen LogP contribution >= 0.6 is 0 Å². The van der Waals surface area contributed by atoms with Gasteiger partial charge in [-0.15, -0.1) is 0 Å². The van der Waals surface area contributed by atoms with E-state index in [2.05, 4.69) is 14.9 Å². The van der Waals surface area contributed by atoms with E-state index in [1.54, 1.807) is 23.9 Å². The van der Waals surface area contributed by atoms with Gasteiger partial charge in [0.1, 0.15) is 17.3 Å². The average Bonchev–Trinajstić information content (AvgIpc) is 3.10. The molecule has 8 nitrogen and oxygen atoms in total. The highest BCUT2D eigenvalue weighted by molar-refractivity contribution is 5.99. The van der Waals surface area contributed by atoms with E-state index in [1.807, 2.05) is 29.2 Å². The predicted octanol–water partition coefficient (Wildman–Crippen LogP) is 1.71. The highest BCUT2D eigenvalue weighted by Gasteiger charge is 2.25. The molecule has 3 aromatic rings. The lowest BCUT2D eigenvalue weighted by Crippen LogP contribution is -2.48. The summed E-state index contributed by atoms with van der Waals surface area (Å²) in [6.45, 7) is 4.78. The van der Waals surface area contributed by atoms with Crippen LogP contribution in [0.25, 0.3) is 10.9 Å². The number of hydrogen-bond donors (Lipinski definition) is 1. The SMILES string of the molecule is CC(=O)c1cc(C(=O)N2CCN(Cc3nc(N)c4ccccc4n3)CC2)n(C)c1. The van der Waals surface area contributed by atoms with Gasteiger partial charge in [0, 0.05) is 50.4 Å². The van der Waals surface area contributed by atoms with Gasteiger partial charge in [-0.2, -0.15) is 0 Å². The molecule has 29 heavy (non-hydrogen) atoms. The van der Waals surface area contributed by atoms with Crippen molar-refractivity contribution in [1.29, 1.82) is 0 Å². The maximum atomic E-state index is 12.8. The van der Waals surface area contributed by atoms with Gasteiger partial charge in [-0.1, -0.05) is 12.1 Å². The van der Waals surface area contributed by atoms with Crippen LogP contribution in [0, 0.1) is 0 Å². The number of aryl methyl sites for hydroxylation is 1. The van der Waals surface area contributed by atoms with Crippen molar-refractivity contribution in [2.75, 3.05) is 31.9 Å². The molecule has 0 saturated carbocycles. The number of nitrogens with zero attached hydrogens (tertiary/aromatic N) is 5. The van der Waals surface area contributed by atoms with Gasteiger partial charge < -0.3 is 15.2 Å². The standard InChI is InChI=1S/C21H24N6O2/c1-14(28)15-11-18(25(2)12-15)21(29)27-9-7-26(8-10-27)13-19-23-17-6-4-3-5-16(17)20(22)24-19/h3-6,11-12H,7-10,13H2,1-2H3,(H2,22,23,24). The lowest BCUT2D eigenvalue weighted by atomic mass is 10.2. The summed E-state index contributed by atoms with van der Waals surface area (Å²) >= 11 is 0. The summed E-state index contributed by atoms with van der Waals surface area (Å²) in [5, 5.41) is 0.860. The minimum absolute atomic E-state index is 0.0425. The van der Waals surface area contributed by atoms with Crippen molar-refractivity contribution in [3.05, 3.63) is 53.6 Å².